The predicted molar refractivity (Wildman–Crippen MR) is 151 cm³/mol. The molecule has 1 aliphatic heterocycles. The van der Waals surface area contributed by atoms with Crippen molar-refractivity contribution in [1.82, 2.24) is 19.9 Å². The molecule has 1 unspecified atom stereocenters. The monoisotopic (exact) mass is 623 g/mol. The summed E-state index contributed by atoms with van der Waals surface area (Å²) in [7, 11) is -4.01. The number of fused-ring (bicyclic) bond motifs is 1. The molecule has 1 saturated heterocycles. The summed E-state index contributed by atoms with van der Waals surface area (Å²) in [4.78, 5) is 19.1. The third-order valence-electron chi connectivity index (χ3n) is 6.72. The summed E-state index contributed by atoms with van der Waals surface area (Å²) < 4.78 is 102. The number of anilines is 3. The molecule has 1 fully saturated rings. The zero-order valence-corrected chi connectivity index (χ0v) is 23.5. The van der Waals surface area contributed by atoms with E-state index in [9.17, 15) is 26.0 Å². The van der Waals surface area contributed by atoms with Gasteiger partial charge >= 0.3 is 6.18 Å². The maximum Gasteiger partial charge on any atom is 0.417 e. The maximum atomic E-state index is 15.6. The zero-order valence-electron chi connectivity index (χ0n) is 22.7. The molecule has 43 heavy (non-hydrogen) atoms. The molecule has 228 valence electrons. The molecule has 10 nitrogen and oxygen atoms in total. The molecule has 4 heterocycles. The fourth-order valence-corrected chi connectivity index (χ4v) is 5.75. The predicted octanol–water partition coefficient (Wildman–Crippen LogP) is 4.82. The van der Waals surface area contributed by atoms with Crippen LogP contribution in [0.3, 0.4) is 0 Å². The third kappa shape index (κ3) is 6.44. The first-order valence-corrected chi connectivity index (χ1v) is 14.7. The first kappa shape index (κ1) is 30.3. The summed E-state index contributed by atoms with van der Waals surface area (Å²) in [5, 5.41) is 0. The number of alkyl halides is 4. The summed E-state index contributed by atoms with van der Waals surface area (Å²) >= 11 is 0. The largest absolute Gasteiger partial charge is 0.417 e. The van der Waals surface area contributed by atoms with Crippen LogP contribution in [0, 0.1) is 5.82 Å². The van der Waals surface area contributed by atoms with Crippen molar-refractivity contribution in [2.24, 2.45) is 0 Å². The van der Waals surface area contributed by atoms with E-state index in [4.69, 9.17) is 10.5 Å². The number of pyridine rings is 2. The molecule has 0 amide bonds. The molecule has 0 aliphatic carbocycles. The van der Waals surface area contributed by atoms with Crippen LogP contribution in [0.4, 0.5) is 39.3 Å². The number of sulfonamides is 1. The molecule has 4 aromatic rings. The fourth-order valence-electron chi connectivity index (χ4n) is 4.67. The molecule has 0 spiro atoms. The number of nitrogens with one attached hydrogen (secondary N) is 1. The van der Waals surface area contributed by atoms with E-state index in [2.05, 4.69) is 24.7 Å². The van der Waals surface area contributed by atoms with Gasteiger partial charge in [0, 0.05) is 23.9 Å². The van der Waals surface area contributed by atoms with Gasteiger partial charge < -0.3 is 15.4 Å². The number of benzene rings is 1. The van der Waals surface area contributed by atoms with E-state index in [1.165, 1.54) is 30.3 Å². The number of hydrogen-bond acceptors (Lipinski definition) is 9. The van der Waals surface area contributed by atoms with Gasteiger partial charge in [-0.1, -0.05) is 6.07 Å². The highest BCUT2D eigenvalue weighted by atomic mass is 32.2. The van der Waals surface area contributed by atoms with Crippen molar-refractivity contribution >= 4 is 38.4 Å². The number of halogens is 5. The highest BCUT2D eigenvalue weighted by Crippen LogP contribution is 2.38. The molecule has 16 heteroatoms. The Morgan fingerprint density at radius 2 is 1.93 bits per heavy atom. The Hall–Kier alpha value is -4.18. The SMILES string of the molecule is CC1COCCN1c1nc(-c2cnc(N)cc2C(F)(F)F)nc2ccc(-c3cccc(NS(=O)(=O)CCCF)c3F)nc12. The van der Waals surface area contributed by atoms with E-state index in [-0.39, 0.29) is 63.5 Å². The molecule has 0 radical (unpaired) electrons. The lowest BCUT2D eigenvalue weighted by Gasteiger charge is -2.34. The summed E-state index contributed by atoms with van der Waals surface area (Å²) in [5.74, 6) is -1.82. The lowest BCUT2D eigenvalue weighted by molar-refractivity contribution is -0.137. The second kappa shape index (κ2) is 11.8. The van der Waals surface area contributed by atoms with Crippen LogP contribution in [-0.4, -0.2) is 66.6 Å². The summed E-state index contributed by atoms with van der Waals surface area (Å²) in [5.41, 5.74) is 4.15. The summed E-state index contributed by atoms with van der Waals surface area (Å²) in [6.07, 6.45) is -4.05. The second-order valence-electron chi connectivity index (χ2n) is 9.84. The van der Waals surface area contributed by atoms with Gasteiger partial charge in [-0.3, -0.25) is 9.11 Å². The van der Waals surface area contributed by atoms with E-state index in [0.717, 1.165) is 6.20 Å². The van der Waals surface area contributed by atoms with Gasteiger partial charge in [-0.2, -0.15) is 13.2 Å². The van der Waals surface area contributed by atoms with E-state index < -0.39 is 40.0 Å². The maximum absolute atomic E-state index is 15.6. The summed E-state index contributed by atoms with van der Waals surface area (Å²) in [6, 6.07) is 7.39. The Morgan fingerprint density at radius 3 is 2.65 bits per heavy atom. The van der Waals surface area contributed by atoms with Crippen molar-refractivity contribution in [3.8, 4) is 22.6 Å². The number of nitrogens with two attached hydrogens (primary N) is 1. The number of nitrogens with zero attached hydrogens (tertiary/aromatic N) is 5. The molecule has 3 N–H and O–H groups in total. The minimum Gasteiger partial charge on any atom is -0.384 e. The Morgan fingerprint density at radius 1 is 1.14 bits per heavy atom. The number of nitrogen functional groups attached to an aromatic ring is 1. The van der Waals surface area contributed by atoms with Crippen LogP contribution in [0.15, 0.2) is 42.6 Å². The van der Waals surface area contributed by atoms with Gasteiger partial charge in [-0.15, -0.1) is 0 Å². The normalized spacial score (nSPS) is 16.0. The molecule has 5 rings (SSSR count). The number of hydrogen-bond donors (Lipinski definition) is 2. The van der Waals surface area contributed by atoms with E-state index in [0.29, 0.717) is 25.8 Å². The van der Waals surface area contributed by atoms with Gasteiger partial charge in [-0.05, 0) is 43.7 Å². The van der Waals surface area contributed by atoms with Gasteiger partial charge in [0.1, 0.15) is 11.3 Å². The van der Waals surface area contributed by atoms with Crippen molar-refractivity contribution in [1.29, 1.82) is 0 Å². The first-order chi connectivity index (χ1) is 20.4. The molecular formula is C27H26F5N7O3S. The molecule has 1 aromatic carbocycles. The zero-order chi connectivity index (χ0) is 30.9. The number of rotatable bonds is 8. The van der Waals surface area contributed by atoms with E-state index in [1.807, 2.05) is 11.8 Å². The number of aromatic nitrogens is 4. The van der Waals surface area contributed by atoms with Gasteiger partial charge in [0.15, 0.2) is 17.5 Å². The van der Waals surface area contributed by atoms with Crippen molar-refractivity contribution in [2.75, 3.05) is 47.5 Å². The van der Waals surface area contributed by atoms with Crippen LogP contribution in [0.2, 0.25) is 0 Å². The number of ether oxygens (including phenoxy) is 1. The van der Waals surface area contributed by atoms with Gasteiger partial charge in [-0.25, -0.2) is 32.7 Å². The lowest BCUT2D eigenvalue weighted by Crippen LogP contribution is -2.44. The smallest absolute Gasteiger partial charge is 0.384 e. The van der Waals surface area contributed by atoms with E-state index >= 15 is 4.39 Å². The van der Waals surface area contributed by atoms with Crippen molar-refractivity contribution in [3.63, 3.8) is 0 Å². The van der Waals surface area contributed by atoms with Crippen LogP contribution < -0.4 is 15.4 Å². The molecular weight excluding hydrogens is 597 g/mol. The highest BCUT2D eigenvalue weighted by Gasteiger charge is 2.36. The number of morpholine rings is 1. The van der Waals surface area contributed by atoms with Crippen LogP contribution >= 0.6 is 0 Å². The molecule has 0 bridgehead atoms. The Kier molecular flexibility index (Phi) is 8.34. The second-order valence-corrected chi connectivity index (χ2v) is 11.7. The van der Waals surface area contributed by atoms with E-state index in [1.54, 1.807) is 0 Å². The minimum absolute atomic E-state index is 0.0558. The lowest BCUT2D eigenvalue weighted by atomic mass is 10.1. The van der Waals surface area contributed by atoms with Crippen LogP contribution in [0.25, 0.3) is 33.7 Å². The molecule has 1 aliphatic rings. The first-order valence-electron chi connectivity index (χ1n) is 13.1. The quantitative estimate of drug-likeness (QED) is 0.265. The van der Waals surface area contributed by atoms with Crippen LogP contribution in [-0.2, 0) is 20.9 Å². The average molecular weight is 624 g/mol. The Labute approximate surface area is 243 Å². The fraction of sp³-hybridized carbons (Fsp3) is 0.333. The Bertz CT molecular complexity index is 1770. The molecule has 1 atom stereocenters. The van der Waals surface area contributed by atoms with Gasteiger partial charge in [0.05, 0.1) is 54.1 Å². The van der Waals surface area contributed by atoms with Crippen molar-refractivity contribution in [2.45, 2.75) is 25.6 Å². The highest BCUT2D eigenvalue weighted by molar-refractivity contribution is 7.92. The minimum atomic E-state index is -4.77. The average Bonchev–Trinajstić information content (AvgIpc) is 2.96. The van der Waals surface area contributed by atoms with Crippen molar-refractivity contribution in [3.05, 3.63) is 54.0 Å². The van der Waals surface area contributed by atoms with Crippen LogP contribution in [0.1, 0.15) is 18.9 Å². The molecule has 3 aromatic heterocycles. The van der Waals surface area contributed by atoms with Gasteiger partial charge in [0.2, 0.25) is 10.0 Å². The van der Waals surface area contributed by atoms with Gasteiger partial charge in [0.25, 0.3) is 0 Å². The Balaban J connectivity index is 1.66. The summed E-state index contributed by atoms with van der Waals surface area (Å²) in [6.45, 7) is 1.99. The standard InChI is InChI=1S/C27H26F5N7O3S/c1-15-14-42-10-9-39(15)26-24-21(36-25(37-26)17-13-34-22(33)12-18(17)27(30,31)32)7-6-19(35-24)16-4-2-5-20(23(16)29)38-43(40,41)11-3-8-28/h2,4-7,12-13,15,38H,3,8-11,14H2,1H3,(H2,33,34). The van der Waals surface area contributed by atoms with Crippen LogP contribution in [0.5, 0.6) is 0 Å². The third-order valence-corrected chi connectivity index (χ3v) is 8.08. The molecule has 0 saturated carbocycles. The topological polar surface area (TPSA) is 136 Å². The van der Waals surface area contributed by atoms with Crippen molar-refractivity contribution < 1.29 is 35.1 Å².